The van der Waals surface area contributed by atoms with Crippen molar-refractivity contribution in [2.45, 2.75) is 32.5 Å². The highest BCUT2D eigenvalue weighted by atomic mass is 35.5. The van der Waals surface area contributed by atoms with E-state index >= 15 is 0 Å². The Hall–Kier alpha value is -1.91. The monoisotopic (exact) mass is 348 g/mol. The molecule has 2 unspecified atom stereocenters. The Labute approximate surface area is 147 Å². The summed E-state index contributed by atoms with van der Waals surface area (Å²) in [5.74, 6) is -0.358. The van der Waals surface area contributed by atoms with Crippen molar-refractivity contribution in [3.05, 3.63) is 70.5 Å². The van der Waals surface area contributed by atoms with Gasteiger partial charge in [0.05, 0.1) is 12.1 Å². The minimum Gasteiger partial charge on any atom is -0.348 e. The first kappa shape index (κ1) is 18.4. The van der Waals surface area contributed by atoms with Crippen LogP contribution < -0.4 is 5.32 Å². The van der Waals surface area contributed by atoms with Crippen LogP contribution in [-0.4, -0.2) is 23.9 Å². The SMILES string of the molecule is CC(NC(=O)C(C)N(C)Cc1cccc(Cl)c1)c1ccc(F)cc1. The Balaban J connectivity index is 1.94. The van der Waals surface area contributed by atoms with Crippen LogP contribution in [0.3, 0.4) is 0 Å². The van der Waals surface area contributed by atoms with Gasteiger partial charge in [-0.2, -0.15) is 0 Å². The van der Waals surface area contributed by atoms with E-state index in [1.807, 2.05) is 50.1 Å². The Morgan fingerprint density at radius 3 is 2.50 bits per heavy atom. The normalized spacial score (nSPS) is 13.6. The topological polar surface area (TPSA) is 32.3 Å². The van der Waals surface area contributed by atoms with E-state index in [-0.39, 0.29) is 23.8 Å². The number of carbonyl (C=O) groups excluding carboxylic acids is 1. The standard InChI is InChI=1S/C19H22ClFN2O/c1-13(16-7-9-18(21)10-8-16)22-19(24)14(2)23(3)12-15-5-4-6-17(20)11-15/h4-11,13-14H,12H2,1-3H3,(H,22,24). The fourth-order valence-electron chi connectivity index (χ4n) is 2.43. The summed E-state index contributed by atoms with van der Waals surface area (Å²) in [6.45, 7) is 4.37. The molecule has 0 aromatic heterocycles. The summed E-state index contributed by atoms with van der Waals surface area (Å²) in [7, 11) is 1.90. The number of hydrogen-bond acceptors (Lipinski definition) is 2. The van der Waals surface area contributed by atoms with Crippen molar-refractivity contribution >= 4 is 17.5 Å². The van der Waals surface area contributed by atoms with Crippen molar-refractivity contribution in [2.24, 2.45) is 0 Å². The highest BCUT2D eigenvalue weighted by molar-refractivity contribution is 6.30. The average Bonchev–Trinajstić information content (AvgIpc) is 2.54. The summed E-state index contributed by atoms with van der Waals surface area (Å²) in [5.41, 5.74) is 1.92. The molecule has 0 bridgehead atoms. The van der Waals surface area contributed by atoms with E-state index in [1.165, 1.54) is 12.1 Å². The minimum atomic E-state index is -0.299. The second-order valence-corrected chi connectivity index (χ2v) is 6.44. The molecule has 128 valence electrons. The van der Waals surface area contributed by atoms with E-state index in [9.17, 15) is 9.18 Å². The van der Waals surface area contributed by atoms with E-state index in [2.05, 4.69) is 5.32 Å². The molecule has 3 nitrogen and oxygen atoms in total. The van der Waals surface area contributed by atoms with Crippen molar-refractivity contribution in [3.63, 3.8) is 0 Å². The van der Waals surface area contributed by atoms with E-state index in [0.29, 0.717) is 11.6 Å². The lowest BCUT2D eigenvalue weighted by Crippen LogP contribution is -2.43. The summed E-state index contributed by atoms with van der Waals surface area (Å²) in [5, 5.41) is 3.65. The molecule has 0 radical (unpaired) electrons. The van der Waals surface area contributed by atoms with Crippen LogP contribution >= 0.6 is 11.6 Å². The minimum absolute atomic E-state index is 0.0728. The predicted molar refractivity (Wildman–Crippen MR) is 95.3 cm³/mol. The molecule has 1 amide bonds. The highest BCUT2D eigenvalue weighted by Gasteiger charge is 2.20. The van der Waals surface area contributed by atoms with Crippen LogP contribution in [0.1, 0.15) is 31.0 Å². The van der Waals surface area contributed by atoms with E-state index < -0.39 is 0 Å². The van der Waals surface area contributed by atoms with Crippen molar-refractivity contribution in [3.8, 4) is 0 Å². The summed E-state index contributed by atoms with van der Waals surface area (Å²) in [6.07, 6.45) is 0. The fraction of sp³-hybridized carbons (Fsp3) is 0.316. The van der Waals surface area contributed by atoms with Crippen LogP contribution in [0.2, 0.25) is 5.02 Å². The Bertz CT molecular complexity index is 690. The summed E-state index contributed by atoms with van der Waals surface area (Å²) < 4.78 is 13.0. The maximum atomic E-state index is 13.0. The van der Waals surface area contributed by atoms with Gasteiger partial charge in [0.1, 0.15) is 5.82 Å². The quantitative estimate of drug-likeness (QED) is 0.849. The number of nitrogens with zero attached hydrogens (tertiary/aromatic N) is 1. The molecule has 0 spiro atoms. The molecule has 2 aromatic rings. The van der Waals surface area contributed by atoms with Crippen LogP contribution in [0.5, 0.6) is 0 Å². The number of halogens is 2. The molecule has 2 rings (SSSR count). The van der Waals surface area contributed by atoms with Crippen molar-refractivity contribution in [1.82, 2.24) is 10.2 Å². The van der Waals surface area contributed by atoms with Gasteiger partial charge in [-0.25, -0.2) is 4.39 Å². The number of benzene rings is 2. The third-order valence-corrected chi connectivity index (χ3v) is 4.33. The predicted octanol–water partition coefficient (Wildman–Crippen LogP) is 4.18. The molecule has 0 aliphatic carbocycles. The second-order valence-electron chi connectivity index (χ2n) is 6.00. The maximum absolute atomic E-state index is 13.0. The number of likely N-dealkylation sites (N-methyl/N-ethyl adjacent to an activating group) is 1. The first-order chi connectivity index (χ1) is 11.4. The van der Waals surface area contributed by atoms with Gasteiger partial charge in [-0.05, 0) is 56.3 Å². The summed E-state index contributed by atoms with van der Waals surface area (Å²) in [6, 6.07) is 13.3. The van der Waals surface area contributed by atoms with Gasteiger partial charge in [0, 0.05) is 11.6 Å². The van der Waals surface area contributed by atoms with Crippen molar-refractivity contribution in [2.75, 3.05) is 7.05 Å². The number of hydrogen-bond donors (Lipinski definition) is 1. The molecule has 0 heterocycles. The molecule has 1 N–H and O–H groups in total. The Morgan fingerprint density at radius 2 is 1.88 bits per heavy atom. The van der Waals surface area contributed by atoms with Gasteiger partial charge in [0.2, 0.25) is 5.91 Å². The van der Waals surface area contributed by atoms with Crippen LogP contribution in [0, 0.1) is 5.82 Å². The van der Waals surface area contributed by atoms with Gasteiger partial charge in [-0.3, -0.25) is 9.69 Å². The fourth-order valence-corrected chi connectivity index (χ4v) is 2.64. The number of amides is 1. The van der Waals surface area contributed by atoms with Crippen molar-refractivity contribution < 1.29 is 9.18 Å². The zero-order chi connectivity index (χ0) is 17.7. The van der Waals surface area contributed by atoms with Gasteiger partial charge in [0.25, 0.3) is 0 Å². The van der Waals surface area contributed by atoms with Gasteiger partial charge in [-0.15, -0.1) is 0 Å². The van der Waals surface area contributed by atoms with Crippen LogP contribution in [-0.2, 0) is 11.3 Å². The van der Waals surface area contributed by atoms with Crippen LogP contribution in [0.4, 0.5) is 4.39 Å². The smallest absolute Gasteiger partial charge is 0.237 e. The molecule has 0 aliphatic heterocycles. The number of rotatable bonds is 6. The molecular weight excluding hydrogens is 327 g/mol. The van der Waals surface area contributed by atoms with Crippen LogP contribution in [0.25, 0.3) is 0 Å². The molecule has 0 aliphatic rings. The van der Waals surface area contributed by atoms with Crippen molar-refractivity contribution in [1.29, 1.82) is 0 Å². The van der Waals surface area contributed by atoms with Gasteiger partial charge in [0.15, 0.2) is 0 Å². The molecule has 0 fully saturated rings. The zero-order valence-corrected chi connectivity index (χ0v) is 14.8. The van der Waals surface area contributed by atoms with Crippen LogP contribution in [0.15, 0.2) is 48.5 Å². The molecule has 5 heteroatoms. The lowest BCUT2D eigenvalue weighted by molar-refractivity contribution is -0.126. The molecule has 2 atom stereocenters. The summed E-state index contributed by atoms with van der Waals surface area (Å²) in [4.78, 5) is 14.4. The second kappa shape index (κ2) is 8.27. The van der Waals surface area contributed by atoms with E-state index in [1.54, 1.807) is 12.1 Å². The lowest BCUT2D eigenvalue weighted by atomic mass is 10.1. The molecular formula is C19H22ClFN2O. The lowest BCUT2D eigenvalue weighted by Gasteiger charge is -2.26. The molecule has 0 saturated carbocycles. The molecule has 2 aromatic carbocycles. The van der Waals surface area contributed by atoms with Gasteiger partial charge in [-0.1, -0.05) is 35.9 Å². The maximum Gasteiger partial charge on any atom is 0.237 e. The third-order valence-electron chi connectivity index (χ3n) is 4.09. The van der Waals surface area contributed by atoms with Gasteiger partial charge < -0.3 is 5.32 Å². The number of carbonyl (C=O) groups is 1. The highest BCUT2D eigenvalue weighted by Crippen LogP contribution is 2.15. The number of nitrogens with one attached hydrogen (secondary N) is 1. The molecule has 24 heavy (non-hydrogen) atoms. The zero-order valence-electron chi connectivity index (χ0n) is 14.1. The van der Waals surface area contributed by atoms with E-state index in [4.69, 9.17) is 11.6 Å². The van der Waals surface area contributed by atoms with E-state index in [0.717, 1.165) is 11.1 Å². The summed E-state index contributed by atoms with van der Waals surface area (Å²) >= 11 is 5.99. The largest absolute Gasteiger partial charge is 0.348 e. The average molecular weight is 349 g/mol. The molecule has 0 saturated heterocycles. The third kappa shape index (κ3) is 5.05. The van der Waals surface area contributed by atoms with Gasteiger partial charge >= 0.3 is 0 Å². The first-order valence-corrected chi connectivity index (χ1v) is 8.25. The Kier molecular flexibility index (Phi) is 6.35. The first-order valence-electron chi connectivity index (χ1n) is 7.87. The Morgan fingerprint density at radius 1 is 1.21 bits per heavy atom.